The van der Waals surface area contributed by atoms with E-state index in [4.69, 9.17) is 9.47 Å². The predicted molar refractivity (Wildman–Crippen MR) is 126 cm³/mol. The molecule has 2 atom stereocenters. The lowest BCUT2D eigenvalue weighted by Crippen LogP contribution is -2.56. The van der Waals surface area contributed by atoms with Gasteiger partial charge in [0.2, 0.25) is 17.7 Å². The summed E-state index contributed by atoms with van der Waals surface area (Å²) in [7, 11) is 3.19. The van der Waals surface area contributed by atoms with Crippen LogP contribution in [0.5, 0.6) is 11.8 Å². The van der Waals surface area contributed by atoms with Crippen molar-refractivity contribution in [2.75, 3.05) is 53.5 Å². The number of methoxy groups -OCH3 is 2. The lowest BCUT2D eigenvalue weighted by molar-refractivity contribution is -0.140. The first-order chi connectivity index (χ1) is 16.1. The molecule has 2 aliphatic rings. The Balaban J connectivity index is 1.54. The van der Waals surface area contributed by atoms with Gasteiger partial charge < -0.3 is 14.4 Å². The number of carbonyl (C=O) groups excluding carboxylic acids is 1. The second kappa shape index (κ2) is 10.9. The van der Waals surface area contributed by atoms with Crippen LogP contribution in [0, 0.1) is 0 Å². The van der Waals surface area contributed by atoms with Crippen LogP contribution in [0.1, 0.15) is 43.6 Å². The van der Waals surface area contributed by atoms with Crippen molar-refractivity contribution in [3.05, 3.63) is 47.8 Å². The van der Waals surface area contributed by atoms with Gasteiger partial charge in [-0.1, -0.05) is 43.7 Å². The molecule has 4 rings (SSSR count). The van der Waals surface area contributed by atoms with Crippen molar-refractivity contribution in [2.45, 2.75) is 38.3 Å². The topological polar surface area (TPSA) is 71.0 Å². The first kappa shape index (κ1) is 23.4. The molecule has 3 heterocycles. The van der Waals surface area contributed by atoms with Gasteiger partial charge in [-0.3, -0.25) is 14.6 Å². The third-order valence-electron chi connectivity index (χ3n) is 6.77. The second-order valence-corrected chi connectivity index (χ2v) is 8.63. The van der Waals surface area contributed by atoms with Crippen LogP contribution in [-0.2, 0) is 4.79 Å². The van der Waals surface area contributed by atoms with Gasteiger partial charge in [0.05, 0.1) is 32.4 Å². The number of carbonyl (C=O) groups is 1. The molecule has 2 fully saturated rings. The summed E-state index contributed by atoms with van der Waals surface area (Å²) in [5.74, 6) is 1.88. The summed E-state index contributed by atoms with van der Waals surface area (Å²) in [5.41, 5.74) is 1.11. The van der Waals surface area contributed by atoms with E-state index in [0.717, 1.165) is 44.6 Å². The molecule has 2 aromatic rings. The van der Waals surface area contributed by atoms with Crippen LogP contribution in [0.4, 0.5) is 0 Å². The van der Waals surface area contributed by atoms with E-state index in [1.54, 1.807) is 20.3 Å². The van der Waals surface area contributed by atoms with Crippen molar-refractivity contribution < 1.29 is 14.3 Å². The number of benzene rings is 1. The minimum Gasteiger partial charge on any atom is -0.481 e. The van der Waals surface area contributed by atoms with Gasteiger partial charge in [0.15, 0.2) is 5.82 Å². The fraction of sp³-hybridized carbons (Fsp3) is 0.560. The van der Waals surface area contributed by atoms with Gasteiger partial charge in [0, 0.05) is 26.2 Å². The first-order valence-corrected chi connectivity index (χ1v) is 11.9. The summed E-state index contributed by atoms with van der Waals surface area (Å²) in [6, 6.07) is 11.8. The highest BCUT2D eigenvalue weighted by atomic mass is 16.5. The average Bonchev–Trinajstić information content (AvgIpc) is 2.89. The molecule has 178 valence electrons. The number of nitrogens with zero attached hydrogens (tertiary/aromatic N) is 5. The summed E-state index contributed by atoms with van der Waals surface area (Å²) in [6.07, 6.45) is 3.29. The summed E-state index contributed by atoms with van der Waals surface area (Å²) >= 11 is 0. The standard InChI is InChI=1S/C25H35N5O3/c1-4-28-13-9-8-12-20(28)25(31)30-16-14-29(15-17-30)23(19-10-6-5-7-11-19)24-26-21(32-2)18-22(27-24)33-3/h5-7,10-11,18,20,23H,4,8-9,12-17H2,1-3H3/t20-,23?/m0/s1. The predicted octanol–water partition coefficient (Wildman–Crippen LogP) is 2.60. The number of likely N-dealkylation sites (N-methyl/N-ethyl adjacent to an activating group) is 1. The Morgan fingerprint density at radius 1 is 1.00 bits per heavy atom. The Bertz CT molecular complexity index is 895. The molecule has 2 aliphatic heterocycles. The van der Waals surface area contributed by atoms with E-state index in [9.17, 15) is 4.79 Å². The zero-order valence-corrected chi connectivity index (χ0v) is 19.9. The van der Waals surface area contributed by atoms with Crippen LogP contribution in [0.2, 0.25) is 0 Å². The van der Waals surface area contributed by atoms with Crippen molar-refractivity contribution in [3.8, 4) is 11.8 Å². The maximum Gasteiger partial charge on any atom is 0.240 e. The van der Waals surface area contributed by atoms with Crippen molar-refractivity contribution in [3.63, 3.8) is 0 Å². The van der Waals surface area contributed by atoms with Gasteiger partial charge in [0.25, 0.3) is 0 Å². The van der Waals surface area contributed by atoms with Crippen molar-refractivity contribution in [1.82, 2.24) is 24.7 Å². The highest BCUT2D eigenvalue weighted by Gasteiger charge is 2.35. The molecule has 0 bridgehead atoms. The van der Waals surface area contributed by atoms with E-state index in [-0.39, 0.29) is 18.0 Å². The highest BCUT2D eigenvalue weighted by molar-refractivity contribution is 5.82. The SMILES string of the molecule is CCN1CCCC[C@H]1C(=O)N1CCN(C(c2ccccc2)c2nc(OC)cc(OC)n2)CC1. The lowest BCUT2D eigenvalue weighted by Gasteiger charge is -2.42. The minimum atomic E-state index is -0.144. The zero-order valence-electron chi connectivity index (χ0n) is 19.9. The number of piperidine rings is 1. The quantitative estimate of drug-likeness (QED) is 0.638. The van der Waals surface area contributed by atoms with Crippen LogP contribution < -0.4 is 9.47 Å². The molecule has 2 saturated heterocycles. The largest absolute Gasteiger partial charge is 0.481 e. The number of likely N-dealkylation sites (tertiary alicyclic amines) is 1. The number of piperazine rings is 1. The molecular weight excluding hydrogens is 418 g/mol. The molecular formula is C25H35N5O3. The van der Waals surface area contributed by atoms with E-state index in [1.165, 1.54) is 6.42 Å². The fourth-order valence-corrected chi connectivity index (χ4v) is 4.97. The van der Waals surface area contributed by atoms with Crippen molar-refractivity contribution in [1.29, 1.82) is 0 Å². The third-order valence-corrected chi connectivity index (χ3v) is 6.77. The lowest BCUT2D eigenvalue weighted by atomic mass is 10.00. The van der Waals surface area contributed by atoms with Gasteiger partial charge in [-0.05, 0) is 31.5 Å². The molecule has 0 aliphatic carbocycles. The van der Waals surface area contributed by atoms with E-state index in [0.29, 0.717) is 30.7 Å². The molecule has 8 nitrogen and oxygen atoms in total. The molecule has 8 heteroatoms. The zero-order chi connectivity index (χ0) is 23.2. The van der Waals surface area contributed by atoms with E-state index in [2.05, 4.69) is 38.8 Å². The Hall–Kier alpha value is -2.71. The minimum absolute atomic E-state index is 0.0335. The molecule has 0 spiro atoms. The second-order valence-electron chi connectivity index (χ2n) is 8.63. The summed E-state index contributed by atoms with van der Waals surface area (Å²) < 4.78 is 10.8. The molecule has 0 N–H and O–H groups in total. The summed E-state index contributed by atoms with van der Waals surface area (Å²) in [5, 5.41) is 0. The van der Waals surface area contributed by atoms with Gasteiger partial charge in [-0.25, -0.2) is 0 Å². The number of ether oxygens (including phenoxy) is 2. The van der Waals surface area contributed by atoms with Crippen LogP contribution in [0.25, 0.3) is 0 Å². The fourth-order valence-electron chi connectivity index (χ4n) is 4.97. The van der Waals surface area contributed by atoms with E-state index < -0.39 is 0 Å². The van der Waals surface area contributed by atoms with Crippen molar-refractivity contribution in [2.24, 2.45) is 0 Å². The van der Waals surface area contributed by atoms with E-state index >= 15 is 0 Å². The Kier molecular flexibility index (Phi) is 7.77. The van der Waals surface area contributed by atoms with Crippen LogP contribution in [0.3, 0.4) is 0 Å². The Morgan fingerprint density at radius 3 is 2.27 bits per heavy atom. The molecule has 33 heavy (non-hydrogen) atoms. The number of aromatic nitrogens is 2. The summed E-state index contributed by atoms with van der Waals surface area (Å²) in [6.45, 7) is 7.03. The molecule has 0 saturated carbocycles. The number of hydrogen-bond donors (Lipinski definition) is 0. The maximum atomic E-state index is 13.3. The molecule has 1 amide bonds. The number of rotatable bonds is 7. The average molecular weight is 454 g/mol. The smallest absolute Gasteiger partial charge is 0.240 e. The number of hydrogen-bond acceptors (Lipinski definition) is 7. The molecule has 1 aromatic heterocycles. The third kappa shape index (κ3) is 5.28. The molecule has 0 radical (unpaired) electrons. The molecule has 1 aromatic carbocycles. The monoisotopic (exact) mass is 453 g/mol. The van der Waals surface area contributed by atoms with Gasteiger partial charge in [-0.2, -0.15) is 9.97 Å². The Labute approximate surface area is 196 Å². The van der Waals surface area contributed by atoms with Crippen molar-refractivity contribution >= 4 is 5.91 Å². The normalized spacial score (nSPS) is 20.9. The van der Waals surface area contributed by atoms with Crippen LogP contribution in [0.15, 0.2) is 36.4 Å². The van der Waals surface area contributed by atoms with Crippen LogP contribution >= 0.6 is 0 Å². The van der Waals surface area contributed by atoms with Gasteiger partial charge in [0.1, 0.15) is 0 Å². The summed E-state index contributed by atoms with van der Waals surface area (Å²) in [4.78, 5) is 29.4. The molecule has 1 unspecified atom stereocenters. The highest BCUT2D eigenvalue weighted by Crippen LogP contribution is 2.30. The van der Waals surface area contributed by atoms with Gasteiger partial charge >= 0.3 is 0 Å². The van der Waals surface area contributed by atoms with E-state index in [1.807, 2.05) is 23.1 Å². The van der Waals surface area contributed by atoms with Crippen LogP contribution in [-0.4, -0.2) is 90.1 Å². The maximum absolute atomic E-state index is 13.3. The first-order valence-electron chi connectivity index (χ1n) is 11.9. The Morgan fingerprint density at radius 2 is 1.67 bits per heavy atom. The van der Waals surface area contributed by atoms with Gasteiger partial charge in [-0.15, -0.1) is 0 Å². The number of amides is 1.